The van der Waals surface area contributed by atoms with E-state index >= 15 is 0 Å². The van der Waals surface area contributed by atoms with Crippen LogP contribution in [0, 0.1) is 6.92 Å². The van der Waals surface area contributed by atoms with Gasteiger partial charge in [0.05, 0.1) is 28.0 Å². The van der Waals surface area contributed by atoms with Gasteiger partial charge in [0.2, 0.25) is 0 Å². The van der Waals surface area contributed by atoms with Gasteiger partial charge in [0.15, 0.2) is 18.3 Å². The van der Waals surface area contributed by atoms with Crippen LogP contribution >= 0.6 is 16.1 Å². The van der Waals surface area contributed by atoms with E-state index in [-0.39, 0.29) is 0 Å². The molecule has 1 atom stereocenters. The van der Waals surface area contributed by atoms with E-state index in [1.165, 1.54) is 4.90 Å². The summed E-state index contributed by atoms with van der Waals surface area (Å²) in [4.78, 5) is 9.98. The van der Waals surface area contributed by atoms with Crippen molar-refractivity contribution in [3.05, 3.63) is 60.1 Å². The molecule has 2 N–H and O–H groups in total. The van der Waals surface area contributed by atoms with Crippen molar-refractivity contribution in [1.82, 2.24) is 8.91 Å². The average molecular weight is 387 g/mol. The molecule has 2 aromatic rings. The standard InChI is InChI=1S/C17H16BrN5O/c1-11-8-22-10-23(18)9-15(17(22)20-11)21-14-5-3-13(4-6-14)16-7-19-12(2)24-16/h3-9,21H,10H2,1-2H3/p+1. The zero-order chi connectivity index (χ0) is 16.7. The summed E-state index contributed by atoms with van der Waals surface area (Å²) in [7, 11) is 0. The summed E-state index contributed by atoms with van der Waals surface area (Å²) in [6.07, 6.45) is 5.88. The SMILES string of the molecule is CC1=C[NH+]2CN(Br)C=C(Nc3ccc(-c4cnc(C)o4)cc3)C2=N1. The van der Waals surface area contributed by atoms with Crippen molar-refractivity contribution < 1.29 is 9.32 Å². The van der Waals surface area contributed by atoms with Crippen LogP contribution in [0.1, 0.15) is 12.8 Å². The zero-order valence-electron chi connectivity index (χ0n) is 13.4. The fourth-order valence-electron chi connectivity index (χ4n) is 2.82. The maximum atomic E-state index is 5.56. The van der Waals surface area contributed by atoms with Gasteiger partial charge in [-0.05, 0) is 31.2 Å². The molecule has 24 heavy (non-hydrogen) atoms. The lowest BCUT2D eigenvalue weighted by atomic mass is 10.1. The quantitative estimate of drug-likeness (QED) is 0.796. The molecule has 0 amide bonds. The number of nitrogens with zero attached hydrogens (tertiary/aromatic N) is 3. The Bertz CT molecular complexity index is 865. The third-order valence-electron chi connectivity index (χ3n) is 3.89. The number of rotatable bonds is 3. The molecule has 0 saturated heterocycles. The van der Waals surface area contributed by atoms with Gasteiger partial charge in [0, 0.05) is 24.4 Å². The smallest absolute Gasteiger partial charge is 0.258 e. The van der Waals surface area contributed by atoms with Crippen molar-refractivity contribution in [2.75, 3.05) is 12.0 Å². The number of fused-ring (bicyclic) bond motifs is 1. The second-order valence-electron chi connectivity index (χ2n) is 5.82. The Morgan fingerprint density at radius 1 is 1.25 bits per heavy atom. The Balaban J connectivity index is 1.56. The number of aromatic nitrogens is 1. The van der Waals surface area contributed by atoms with E-state index in [0.29, 0.717) is 5.89 Å². The Labute approximate surface area is 148 Å². The minimum Gasteiger partial charge on any atom is -0.441 e. The summed E-state index contributed by atoms with van der Waals surface area (Å²) in [6, 6.07) is 8.08. The monoisotopic (exact) mass is 386 g/mol. The van der Waals surface area contributed by atoms with Crippen LogP contribution in [0.5, 0.6) is 0 Å². The van der Waals surface area contributed by atoms with E-state index in [2.05, 4.69) is 37.6 Å². The van der Waals surface area contributed by atoms with E-state index < -0.39 is 0 Å². The number of allylic oxidation sites excluding steroid dienone is 1. The van der Waals surface area contributed by atoms with Crippen molar-refractivity contribution in [2.24, 2.45) is 4.99 Å². The number of oxazole rings is 1. The molecule has 122 valence electrons. The fraction of sp³-hybridized carbons (Fsp3) is 0.176. The van der Waals surface area contributed by atoms with Crippen molar-refractivity contribution in [3.8, 4) is 11.3 Å². The van der Waals surface area contributed by atoms with E-state index in [1.807, 2.05) is 48.2 Å². The maximum absolute atomic E-state index is 5.56. The van der Waals surface area contributed by atoms with E-state index in [9.17, 15) is 0 Å². The fourth-order valence-corrected chi connectivity index (χ4v) is 3.30. The number of halogens is 1. The molecule has 1 unspecified atom stereocenters. The number of amidine groups is 1. The highest BCUT2D eigenvalue weighted by Crippen LogP contribution is 2.23. The van der Waals surface area contributed by atoms with Crippen molar-refractivity contribution >= 4 is 27.7 Å². The van der Waals surface area contributed by atoms with Crippen LogP contribution in [0.4, 0.5) is 5.69 Å². The highest BCUT2D eigenvalue weighted by Gasteiger charge is 2.31. The van der Waals surface area contributed by atoms with Crippen molar-refractivity contribution in [3.63, 3.8) is 0 Å². The van der Waals surface area contributed by atoms with Crippen LogP contribution in [0.3, 0.4) is 0 Å². The normalized spacial score (nSPS) is 19.5. The van der Waals surface area contributed by atoms with Crippen LogP contribution < -0.4 is 10.2 Å². The number of quaternary nitrogens is 1. The van der Waals surface area contributed by atoms with E-state index in [0.717, 1.165) is 40.9 Å². The molecule has 4 rings (SSSR count). The molecule has 1 aromatic carbocycles. The largest absolute Gasteiger partial charge is 0.441 e. The van der Waals surface area contributed by atoms with Gasteiger partial charge in [-0.1, -0.05) is 0 Å². The number of hydrogen-bond donors (Lipinski definition) is 2. The molecule has 2 aliphatic heterocycles. The second kappa shape index (κ2) is 5.92. The van der Waals surface area contributed by atoms with Crippen LogP contribution in [0.2, 0.25) is 0 Å². The van der Waals surface area contributed by atoms with Crippen molar-refractivity contribution in [1.29, 1.82) is 0 Å². The minimum atomic E-state index is 0.669. The number of nitrogens with one attached hydrogen (secondary N) is 2. The lowest BCUT2D eigenvalue weighted by molar-refractivity contribution is -0.754. The molecule has 0 fully saturated rings. The molecular weight excluding hydrogens is 370 g/mol. The summed E-state index contributed by atoms with van der Waals surface area (Å²) >= 11 is 3.54. The van der Waals surface area contributed by atoms with E-state index in [1.54, 1.807) is 6.20 Å². The van der Waals surface area contributed by atoms with Crippen LogP contribution in [-0.2, 0) is 0 Å². The number of aryl methyl sites for hydroxylation is 1. The topological polar surface area (TPSA) is 58.1 Å². The summed E-state index contributed by atoms with van der Waals surface area (Å²) in [5, 5.41) is 3.45. The third kappa shape index (κ3) is 2.88. The number of aliphatic imine (C=N–C) groups is 1. The first-order valence-corrected chi connectivity index (χ1v) is 8.37. The molecule has 7 heteroatoms. The molecule has 2 aliphatic rings. The Hall–Kier alpha value is -2.38. The molecule has 0 bridgehead atoms. The van der Waals surface area contributed by atoms with Crippen LogP contribution in [0.15, 0.2) is 63.7 Å². The van der Waals surface area contributed by atoms with Gasteiger partial charge in [-0.2, -0.15) is 4.99 Å². The Morgan fingerprint density at radius 3 is 2.75 bits per heavy atom. The summed E-state index contributed by atoms with van der Waals surface area (Å²) < 4.78 is 7.53. The second-order valence-corrected chi connectivity index (χ2v) is 6.73. The first-order chi connectivity index (χ1) is 11.6. The van der Waals surface area contributed by atoms with Crippen LogP contribution in [0.25, 0.3) is 11.3 Å². The number of anilines is 1. The summed E-state index contributed by atoms with van der Waals surface area (Å²) in [6.45, 7) is 4.67. The van der Waals surface area contributed by atoms with Gasteiger partial charge in [0.1, 0.15) is 11.9 Å². The average Bonchev–Trinajstić information content (AvgIpc) is 3.13. The first kappa shape index (κ1) is 15.2. The number of benzene rings is 1. The molecule has 0 spiro atoms. The van der Waals surface area contributed by atoms with Gasteiger partial charge in [-0.25, -0.2) is 9.88 Å². The van der Waals surface area contributed by atoms with Gasteiger partial charge in [0.25, 0.3) is 5.84 Å². The van der Waals surface area contributed by atoms with Gasteiger partial charge >= 0.3 is 0 Å². The Kier molecular flexibility index (Phi) is 3.74. The predicted molar refractivity (Wildman–Crippen MR) is 96.2 cm³/mol. The highest BCUT2D eigenvalue weighted by molar-refractivity contribution is 9.07. The van der Waals surface area contributed by atoms with E-state index in [4.69, 9.17) is 4.42 Å². The molecule has 0 radical (unpaired) electrons. The molecule has 3 heterocycles. The zero-order valence-corrected chi connectivity index (χ0v) is 15.0. The maximum Gasteiger partial charge on any atom is 0.258 e. The Morgan fingerprint density at radius 2 is 2.04 bits per heavy atom. The molecular formula is C17H17BrN5O+. The molecule has 0 aliphatic carbocycles. The van der Waals surface area contributed by atoms with Gasteiger partial charge in [-0.15, -0.1) is 0 Å². The predicted octanol–water partition coefficient (Wildman–Crippen LogP) is 2.64. The third-order valence-corrected chi connectivity index (χ3v) is 4.35. The molecule has 1 aromatic heterocycles. The lowest BCUT2D eigenvalue weighted by Gasteiger charge is -2.25. The van der Waals surface area contributed by atoms with Gasteiger partial charge in [-0.3, -0.25) is 3.93 Å². The van der Waals surface area contributed by atoms with Crippen LogP contribution in [-0.4, -0.2) is 21.4 Å². The highest BCUT2D eigenvalue weighted by atomic mass is 79.9. The minimum absolute atomic E-state index is 0.669. The molecule has 0 saturated carbocycles. The van der Waals surface area contributed by atoms with Crippen molar-refractivity contribution in [2.45, 2.75) is 13.8 Å². The van der Waals surface area contributed by atoms with Gasteiger partial charge < -0.3 is 9.73 Å². The first-order valence-electron chi connectivity index (χ1n) is 7.66. The summed E-state index contributed by atoms with van der Waals surface area (Å²) in [5.41, 5.74) is 4.01. The number of hydrogen-bond acceptors (Lipinski definition) is 5. The lowest BCUT2D eigenvalue weighted by Crippen LogP contribution is -3.11. The summed E-state index contributed by atoms with van der Waals surface area (Å²) in [5.74, 6) is 2.46. The molecule has 6 nitrogen and oxygen atoms in total.